The molecule has 0 bridgehead atoms. The maximum absolute atomic E-state index is 6.32. The first-order valence-corrected chi connectivity index (χ1v) is 6.93. The molecule has 0 amide bonds. The quantitative estimate of drug-likeness (QED) is 0.824. The lowest BCUT2D eigenvalue weighted by Crippen LogP contribution is -2.52. The van der Waals surface area contributed by atoms with Crippen molar-refractivity contribution in [2.45, 2.75) is 51.5 Å². The van der Waals surface area contributed by atoms with Gasteiger partial charge in [0, 0.05) is 24.3 Å². The molecule has 1 heterocycles. The van der Waals surface area contributed by atoms with Gasteiger partial charge < -0.3 is 10.6 Å². The Morgan fingerprint density at radius 1 is 1.22 bits per heavy atom. The van der Waals surface area contributed by atoms with Gasteiger partial charge in [-0.05, 0) is 36.8 Å². The van der Waals surface area contributed by atoms with Crippen molar-refractivity contribution >= 4 is 5.69 Å². The summed E-state index contributed by atoms with van der Waals surface area (Å²) in [6, 6.07) is 8.75. The zero-order valence-electron chi connectivity index (χ0n) is 12.2. The van der Waals surface area contributed by atoms with E-state index in [4.69, 9.17) is 5.73 Å². The van der Waals surface area contributed by atoms with Gasteiger partial charge in [0.15, 0.2) is 0 Å². The van der Waals surface area contributed by atoms with E-state index in [1.54, 1.807) is 0 Å². The number of hydrogen-bond donors (Lipinski definition) is 1. The second-order valence-corrected chi connectivity index (χ2v) is 6.95. The van der Waals surface area contributed by atoms with Gasteiger partial charge in [-0.2, -0.15) is 0 Å². The maximum Gasteiger partial charge on any atom is 0.0404 e. The molecule has 1 aliphatic heterocycles. The van der Waals surface area contributed by atoms with E-state index < -0.39 is 0 Å². The zero-order valence-corrected chi connectivity index (χ0v) is 12.2. The minimum absolute atomic E-state index is 0.0523. The molecule has 1 aliphatic rings. The SMILES string of the molecule is CC1(N)CCCN(c2ccccc2C(C)(C)C)C1. The van der Waals surface area contributed by atoms with Crippen LogP contribution in [0.25, 0.3) is 0 Å². The average molecular weight is 246 g/mol. The average Bonchev–Trinajstić information content (AvgIpc) is 2.26. The molecule has 100 valence electrons. The molecule has 1 aromatic carbocycles. The van der Waals surface area contributed by atoms with Crippen LogP contribution in [0, 0.1) is 0 Å². The number of nitrogens with zero attached hydrogens (tertiary/aromatic N) is 1. The summed E-state index contributed by atoms with van der Waals surface area (Å²) >= 11 is 0. The molecule has 0 aliphatic carbocycles. The van der Waals surface area contributed by atoms with Crippen LogP contribution in [0.5, 0.6) is 0 Å². The Bertz CT molecular complexity index is 415. The van der Waals surface area contributed by atoms with Crippen LogP contribution in [0.4, 0.5) is 5.69 Å². The highest BCUT2D eigenvalue weighted by Gasteiger charge is 2.29. The molecule has 1 aromatic rings. The van der Waals surface area contributed by atoms with Crippen molar-refractivity contribution in [3.63, 3.8) is 0 Å². The molecule has 0 spiro atoms. The van der Waals surface area contributed by atoms with Crippen LogP contribution in [0.15, 0.2) is 24.3 Å². The fourth-order valence-electron chi connectivity index (χ4n) is 2.86. The van der Waals surface area contributed by atoms with E-state index in [-0.39, 0.29) is 11.0 Å². The van der Waals surface area contributed by atoms with Gasteiger partial charge in [0.05, 0.1) is 0 Å². The Hall–Kier alpha value is -1.02. The van der Waals surface area contributed by atoms with E-state index in [1.807, 2.05) is 0 Å². The van der Waals surface area contributed by atoms with E-state index >= 15 is 0 Å². The van der Waals surface area contributed by atoms with E-state index in [0.29, 0.717) is 0 Å². The third-order valence-corrected chi connectivity index (χ3v) is 3.78. The lowest BCUT2D eigenvalue weighted by Gasteiger charge is -2.41. The first kappa shape index (κ1) is 13.4. The number of anilines is 1. The van der Waals surface area contributed by atoms with E-state index in [9.17, 15) is 0 Å². The molecule has 18 heavy (non-hydrogen) atoms. The molecule has 0 saturated carbocycles. The Balaban J connectivity index is 2.33. The summed E-state index contributed by atoms with van der Waals surface area (Å²) in [5.41, 5.74) is 9.23. The molecular weight excluding hydrogens is 220 g/mol. The summed E-state index contributed by atoms with van der Waals surface area (Å²) in [6.07, 6.45) is 2.31. The number of piperidine rings is 1. The molecule has 2 nitrogen and oxygen atoms in total. The van der Waals surface area contributed by atoms with Crippen molar-refractivity contribution in [2.24, 2.45) is 5.73 Å². The summed E-state index contributed by atoms with van der Waals surface area (Å²) in [7, 11) is 0. The van der Waals surface area contributed by atoms with Gasteiger partial charge in [-0.15, -0.1) is 0 Å². The van der Waals surface area contributed by atoms with Crippen molar-refractivity contribution in [3.8, 4) is 0 Å². The van der Waals surface area contributed by atoms with Gasteiger partial charge in [-0.25, -0.2) is 0 Å². The van der Waals surface area contributed by atoms with Crippen LogP contribution in [0.3, 0.4) is 0 Å². The number of rotatable bonds is 1. The van der Waals surface area contributed by atoms with Crippen LogP contribution in [-0.4, -0.2) is 18.6 Å². The van der Waals surface area contributed by atoms with Crippen molar-refractivity contribution in [1.82, 2.24) is 0 Å². The molecular formula is C16H26N2. The van der Waals surface area contributed by atoms with Gasteiger partial charge in [-0.1, -0.05) is 39.0 Å². The maximum atomic E-state index is 6.32. The highest BCUT2D eigenvalue weighted by molar-refractivity contribution is 5.57. The lowest BCUT2D eigenvalue weighted by molar-refractivity contribution is 0.373. The molecule has 2 N–H and O–H groups in total. The highest BCUT2D eigenvalue weighted by Crippen LogP contribution is 2.34. The summed E-state index contributed by atoms with van der Waals surface area (Å²) in [6.45, 7) is 11.1. The first-order chi connectivity index (χ1) is 8.30. The number of benzene rings is 1. The lowest BCUT2D eigenvalue weighted by atomic mass is 9.84. The molecule has 1 atom stereocenters. The van der Waals surface area contributed by atoms with Crippen molar-refractivity contribution in [2.75, 3.05) is 18.0 Å². The van der Waals surface area contributed by atoms with Crippen molar-refractivity contribution in [3.05, 3.63) is 29.8 Å². The van der Waals surface area contributed by atoms with Crippen LogP contribution >= 0.6 is 0 Å². The third-order valence-electron chi connectivity index (χ3n) is 3.78. The zero-order chi connectivity index (χ0) is 13.4. The monoisotopic (exact) mass is 246 g/mol. The van der Waals surface area contributed by atoms with E-state index in [0.717, 1.165) is 19.5 Å². The molecule has 1 fully saturated rings. The van der Waals surface area contributed by atoms with E-state index in [1.165, 1.54) is 17.7 Å². The molecule has 1 unspecified atom stereocenters. The second-order valence-electron chi connectivity index (χ2n) is 6.95. The largest absolute Gasteiger partial charge is 0.369 e. The van der Waals surface area contributed by atoms with Gasteiger partial charge in [0.25, 0.3) is 0 Å². The summed E-state index contributed by atoms with van der Waals surface area (Å²) in [5.74, 6) is 0. The molecule has 1 saturated heterocycles. The minimum Gasteiger partial charge on any atom is -0.369 e. The van der Waals surface area contributed by atoms with Gasteiger partial charge >= 0.3 is 0 Å². The third kappa shape index (κ3) is 2.86. The molecule has 2 rings (SSSR count). The predicted octanol–water partition coefficient (Wildman–Crippen LogP) is 3.30. The fraction of sp³-hybridized carbons (Fsp3) is 0.625. The van der Waals surface area contributed by atoms with Gasteiger partial charge in [-0.3, -0.25) is 0 Å². The topological polar surface area (TPSA) is 29.3 Å². The number of para-hydroxylation sites is 1. The Kier molecular flexibility index (Phi) is 3.41. The predicted molar refractivity (Wildman–Crippen MR) is 79.2 cm³/mol. The minimum atomic E-state index is -0.0523. The smallest absolute Gasteiger partial charge is 0.0404 e. The van der Waals surface area contributed by atoms with Crippen molar-refractivity contribution < 1.29 is 0 Å². The Morgan fingerprint density at radius 3 is 2.50 bits per heavy atom. The summed E-state index contributed by atoms with van der Waals surface area (Å²) in [5, 5.41) is 0. The highest BCUT2D eigenvalue weighted by atomic mass is 15.2. The summed E-state index contributed by atoms with van der Waals surface area (Å²) in [4.78, 5) is 2.46. The molecule has 2 heteroatoms. The van der Waals surface area contributed by atoms with Crippen molar-refractivity contribution in [1.29, 1.82) is 0 Å². The van der Waals surface area contributed by atoms with Crippen LogP contribution < -0.4 is 10.6 Å². The first-order valence-electron chi connectivity index (χ1n) is 6.93. The molecule has 0 radical (unpaired) electrons. The summed E-state index contributed by atoms with van der Waals surface area (Å²) < 4.78 is 0. The second kappa shape index (κ2) is 4.58. The van der Waals surface area contributed by atoms with Crippen LogP contribution in [0.2, 0.25) is 0 Å². The van der Waals surface area contributed by atoms with E-state index in [2.05, 4.69) is 56.9 Å². The fourth-order valence-corrected chi connectivity index (χ4v) is 2.86. The number of nitrogens with two attached hydrogens (primary N) is 1. The Morgan fingerprint density at radius 2 is 1.89 bits per heavy atom. The van der Waals surface area contributed by atoms with Gasteiger partial charge in [0.1, 0.15) is 0 Å². The number of hydrogen-bond acceptors (Lipinski definition) is 2. The van der Waals surface area contributed by atoms with Crippen LogP contribution in [-0.2, 0) is 5.41 Å². The Labute approximate surface area is 111 Å². The standard InChI is InChI=1S/C16H26N2/c1-15(2,3)13-8-5-6-9-14(13)18-11-7-10-16(4,17)12-18/h5-6,8-9H,7,10-12,17H2,1-4H3. The molecule has 0 aromatic heterocycles. The van der Waals surface area contributed by atoms with Gasteiger partial charge in [0.2, 0.25) is 0 Å². The van der Waals surface area contributed by atoms with Crippen LogP contribution in [0.1, 0.15) is 46.1 Å². The normalized spacial score (nSPS) is 25.3.